The van der Waals surface area contributed by atoms with Gasteiger partial charge in [-0.15, -0.1) is 0 Å². The highest BCUT2D eigenvalue weighted by Crippen LogP contribution is 2.18. The Kier molecular flexibility index (Phi) is 5.40. The monoisotopic (exact) mass is 325 g/mol. The van der Waals surface area contributed by atoms with E-state index < -0.39 is 0 Å². The van der Waals surface area contributed by atoms with Gasteiger partial charge < -0.3 is 9.64 Å². The standard InChI is InChI=1S/C15H20BrNO2/c1-2-9-19-14-7-4-8-17(11-14)15(18)12-5-3-6-13(16)10-12/h3,5-6,10,14H,2,4,7-9,11H2,1H3/t14-/m0/s1. The van der Waals surface area contributed by atoms with Crippen molar-refractivity contribution >= 4 is 21.8 Å². The van der Waals surface area contributed by atoms with Gasteiger partial charge in [0.2, 0.25) is 0 Å². The molecule has 1 aromatic carbocycles. The number of carbonyl (C=O) groups is 1. The number of nitrogens with zero attached hydrogens (tertiary/aromatic N) is 1. The quantitative estimate of drug-likeness (QED) is 0.848. The molecule has 104 valence electrons. The van der Waals surface area contributed by atoms with Gasteiger partial charge in [0.15, 0.2) is 0 Å². The smallest absolute Gasteiger partial charge is 0.253 e. The second-order valence-electron chi connectivity index (χ2n) is 4.90. The zero-order valence-electron chi connectivity index (χ0n) is 11.3. The molecule has 2 rings (SSSR count). The third-order valence-corrected chi connectivity index (χ3v) is 3.79. The van der Waals surface area contributed by atoms with Crippen LogP contribution >= 0.6 is 15.9 Å². The first-order chi connectivity index (χ1) is 9.20. The molecular formula is C15H20BrNO2. The van der Waals surface area contributed by atoms with E-state index in [-0.39, 0.29) is 12.0 Å². The van der Waals surface area contributed by atoms with Gasteiger partial charge in [0.05, 0.1) is 6.10 Å². The lowest BCUT2D eigenvalue weighted by Gasteiger charge is -2.32. The van der Waals surface area contributed by atoms with E-state index in [1.54, 1.807) is 0 Å². The molecule has 0 bridgehead atoms. The highest BCUT2D eigenvalue weighted by atomic mass is 79.9. The van der Waals surface area contributed by atoms with Crippen LogP contribution in [0.3, 0.4) is 0 Å². The van der Waals surface area contributed by atoms with Crippen LogP contribution in [0.15, 0.2) is 28.7 Å². The Labute approximate surface area is 123 Å². The SMILES string of the molecule is CCCO[C@H]1CCCN(C(=O)c2cccc(Br)c2)C1. The van der Waals surface area contributed by atoms with Gasteiger partial charge in [-0.25, -0.2) is 0 Å². The van der Waals surface area contributed by atoms with E-state index in [2.05, 4.69) is 22.9 Å². The molecule has 0 saturated carbocycles. The fourth-order valence-corrected chi connectivity index (χ4v) is 2.75. The molecule has 1 aliphatic rings. The largest absolute Gasteiger partial charge is 0.376 e. The van der Waals surface area contributed by atoms with Gasteiger partial charge in [0, 0.05) is 29.7 Å². The summed E-state index contributed by atoms with van der Waals surface area (Å²) in [5, 5.41) is 0. The van der Waals surface area contributed by atoms with Crippen molar-refractivity contribution in [2.75, 3.05) is 19.7 Å². The van der Waals surface area contributed by atoms with Crippen LogP contribution in [0.1, 0.15) is 36.5 Å². The van der Waals surface area contributed by atoms with Crippen molar-refractivity contribution < 1.29 is 9.53 Å². The van der Waals surface area contributed by atoms with Crippen molar-refractivity contribution in [3.63, 3.8) is 0 Å². The van der Waals surface area contributed by atoms with Crippen LogP contribution in [0.2, 0.25) is 0 Å². The van der Waals surface area contributed by atoms with Crippen molar-refractivity contribution in [2.45, 2.75) is 32.3 Å². The number of carbonyl (C=O) groups excluding carboxylic acids is 1. The topological polar surface area (TPSA) is 29.5 Å². The van der Waals surface area contributed by atoms with E-state index in [0.29, 0.717) is 6.54 Å². The molecule has 19 heavy (non-hydrogen) atoms. The van der Waals surface area contributed by atoms with Crippen LogP contribution in [0, 0.1) is 0 Å². The Bertz CT molecular complexity index is 436. The first kappa shape index (κ1) is 14.5. The highest BCUT2D eigenvalue weighted by molar-refractivity contribution is 9.10. The number of halogens is 1. The number of piperidine rings is 1. The van der Waals surface area contributed by atoms with Crippen molar-refractivity contribution in [1.29, 1.82) is 0 Å². The normalized spacial score (nSPS) is 19.5. The van der Waals surface area contributed by atoms with Crippen molar-refractivity contribution in [3.8, 4) is 0 Å². The number of benzene rings is 1. The molecule has 4 heteroatoms. The minimum absolute atomic E-state index is 0.103. The summed E-state index contributed by atoms with van der Waals surface area (Å²) in [6.45, 7) is 4.43. The second kappa shape index (κ2) is 7.06. The van der Waals surface area contributed by atoms with Crippen molar-refractivity contribution in [2.24, 2.45) is 0 Å². The molecule has 1 fully saturated rings. The molecule has 3 nitrogen and oxygen atoms in total. The van der Waals surface area contributed by atoms with Gasteiger partial charge in [-0.1, -0.05) is 28.9 Å². The summed E-state index contributed by atoms with van der Waals surface area (Å²) in [6.07, 6.45) is 3.30. The number of likely N-dealkylation sites (tertiary alicyclic amines) is 1. The molecule has 0 aromatic heterocycles. The first-order valence-electron chi connectivity index (χ1n) is 6.87. The van der Waals surface area contributed by atoms with Gasteiger partial charge in [-0.2, -0.15) is 0 Å². The molecule has 1 aromatic rings. The van der Waals surface area contributed by atoms with E-state index in [4.69, 9.17) is 4.74 Å². The van der Waals surface area contributed by atoms with Gasteiger partial charge in [-0.3, -0.25) is 4.79 Å². The number of ether oxygens (including phenoxy) is 1. The third-order valence-electron chi connectivity index (χ3n) is 3.29. The molecule has 1 aliphatic heterocycles. The Morgan fingerprint density at radius 2 is 2.37 bits per heavy atom. The van der Waals surface area contributed by atoms with E-state index in [1.165, 1.54) is 0 Å². The summed E-state index contributed by atoms with van der Waals surface area (Å²) in [5.74, 6) is 0.103. The molecule has 1 heterocycles. The van der Waals surface area contributed by atoms with Crippen LogP contribution in [0.5, 0.6) is 0 Å². The van der Waals surface area contributed by atoms with Crippen molar-refractivity contribution in [3.05, 3.63) is 34.3 Å². The van der Waals surface area contributed by atoms with E-state index in [1.807, 2.05) is 29.2 Å². The van der Waals surface area contributed by atoms with E-state index >= 15 is 0 Å². The molecule has 0 aliphatic carbocycles. The summed E-state index contributed by atoms with van der Waals surface area (Å²) < 4.78 is 6.71. The summed E-state index contributed by atoms with van der Waals surface area (Å²) in [5.41, 5.74) is 0.741. The predicted molar refractivity (Wildman–Crippen MR) is 79.3 cm³/mol. The van der Waals surface area contributed by atoms with Gasteiger partial charge in [0.1, 0.15) is 0 Å². The lowest BCUT2D eigenvalue weighted by atomic mass is 10.1. The van der Waals surface area contributed by atoms with Gasteiger partial charge in [-0.05, 0) is 37.5 Å². The zero-order valence-corrected chi connectivity index (χ0v) is 12.9. The molecule has 0 unspecified atom stereocenters. The van der Waals surface area contributed by atoms with E-state index in [9.17, 15) is 4.79 Å². The first-order valence-corrected chi connectivity index (χ1v) is 7.66. The second-order valence-corrected chi connectivity index (χ2v) is 5.81. The Balaban J connectivity index is 1.99. The molecule has 1 atom stereocenters. The van der Waals surface area contributed by atoms with Gasteiger partial charge >= 0.3 is 0 Å². The minimum Gasteiger partial charge on any atom is -0.376 e. The Hall–Kier alpha value is -0.870. The number of rotatable bonds is 4. The maximum atomic E-state index is 12.4. The average Bonchev–Trinajstić information content (AvgIpc) is 2.44. The minimum atomic E-state index is 0.103. The van der Waals surface area contributed by atoms with Gasteiger partial charge in [0.25, 0.3) is 5.91 Å². The van der Waals surface area contributed by atoms with E-state index in [0.717, 1.165) is 42.5 Å². The van der Waals surface area contributed by atoms with Crippen LogP contribution in [0.4, 0.5) is 0 Å². The molecule has 1 amide bonds. The third kappa shape index (κ3) is 4.05. The van der Waals surface area contributed by atoms with Crippen molar-refractivity contribution in [1.82, 2.24) is 4.90 Å². The molecular weight excluding hydrogens is 306 g/mol. The predicted octanol–water partition coefficient (Wildman–Crippen LogP) is 3.48. The zero-order chi connectivity index (χ0) is 13.7. The Morgan fingerprint density at radius 1 is 1.53 bits per heavy atom. The molecule has 1 saturated heterocycles. The average molecular weight is 326 g/mol. The highest BCUT2D eigenvalue weighted by Gasteiger charge is 2.24. The fourth-order valence-electron chi connectivity index (χ4n) is 2.35. The lowest BCUT2D eigenvalue weighted by molar-refractivity contribution is 0.00211. The Morgan fingerprint density at radius 3 is 3.11 bits per heavy atom. The maximum Gasteiger partial charge on any atom is 0.253 e. The molecule has 0 spiro atoms. The number of hydrogen-bond acceptors (Lipinski definition) is 2. The fraction of sp³-hybridized carbons (Fsp3) is 0.533. The maximum absolute atomic E-state index is 12.4. The summed E-state index contributed by atoms with van der Waals surface area (Å²) >= 11 is 3.41. The summed E-state index contributed by atoms with van der Waals surface area (Å²) in [4.78, 5) is 14.3. The summed E-state index contributed by atoms with van der Waals surface area (Å²) in [7, 11) is 0. The van der Waals surface area contributed by atoms with Crippen LogP contribution in [-0.4, -0.2) is 36.6 Å². The number of hydrogen-bond donors (Lipinski definition) is 0. The summed E-state index contributed by atoms with van der Waals surface area (Å²) in [6, 6.07) is 7.56. The van der Waals surface area contributed by atoms with Crippen LogP contribution in [0.25, 0.3) is 0 Å². The number of amides is 1. The molecule has 0 N–H and O–H groups in total. The molecule has 0 radical (unpaired) electrons. The van der Waals surface area contributed by atoms with Crippen LogP contribution in [-0.2, 0) is 4.74 Å². The lowest BCUT2D eigenvalue weighted by Crippen LogP contribution is -2.43. The van der Waals surface area contributed by atoms with Crippen LogP contribution < -0.4 is 0 Å².